The van der Waals surface area contributed by atoms with Gasteiger partial charge in [0.2, 0.25) is 5.88 Å². The number of nitrogens with zero attached hydrogens (tertiary/aromatic N) is 5. The van der Waals surface area contributed by atoms with E-state index in [1.54, 1.807) is 24.6 Å². The number of carbonyl (C=O) groups is 1. The Morgan fingerprint density at radius 1 is 1.21 bits per heavy atom. The summed E-state index contributed by atoms with van der Waals surface area (Å²) in [5, 5.41) is 3.08. The predicted octanol–water partition coefficient (Wildman–Crippen LogP) is 2.74. The van der Waals surface area contributed by atoms with E-state index in [4.69, 9.17) is 4.74 Å². The molecule has 0 aliphatic carbocycles. The molecule has 0 spiro atoms. The highest BCUT2D eigenvalue weighted by atomic mass is 32.1. The van der Waals surface area contributed by atoms with E-state index >= 15 is 0 Å². The molecule has 0 bridgehead atoms. The van der Waals surface area contributed by atoms with Crippen LogP contribution in [0.5, 0.6) is 5.88 Å². The first kappa shape index (κ1) is 18.3. The van der Waals surface area contributed by atoms with Crippen molar-refractivity contribution in [2.75, 3.05) is 20.2 Å². The van der Waals surface area contributed by atoms with Crippen LogP contribution in [0, 0.1) is 6.92 Å². The number of pyridine rings is 1. The summed E-state index contributed by atoms with van der Waals surface area (Å²) in [4.78, 5) is 26.5. The Kier molecular flexibility index (Phi) is 4.60. The number of thiazole rings is 1. The summed E-state index contributed by atoms with van der Waals surface area (Å²) in [6.45, 7) is 5.00. The number of hydrogen-bond donors (Lipinski definition) is 0. The van der Waals surface area contributed by atoms with Gasteiger partial charge in [-0.05, 0) is 25.1 Å². The SMILES string of the molecule is COc1ncccc1CN1C[C@@H]2[C@H](C1)N(Cc1csc(C)n1)C(=O)c1cccn12. The number of hydrogen-bond acceptors (Lipinski definition) is 6. The second-order valence-corrected chi connectivity index (χ2v) is 8.65. The van der Waals surface area contributed by atoms with Gasteiger partial charge in [-0.3, -0.25) is 9.69 Å². The van der Waals surface area contributed by atoms with E-state index in [9.17, 15) is 4.79 Å². The Hall–Kier alpha value is -2.71. The molecule has 3 aromatic heterocycles. The predicted molar refractivity (Wildman–Crippen MR) is 110 cm³/mol. The quantitative estimate of drug-likeness (QED) is 0.648. The van der Waals surface area contributed by atoms with Crippen molar-refractivity contribution >= 4 is 17.2 Å². The molecule has 0 aromatic carbocycles. The van der Waals surface area contributed by atoms with Crippen LogP contribution in [0.4, 0.5) is 0 Å². The van der Waals surface area contributed by atoms with Crippen LogP contribution in [-0.2, 0) is 13.1 Å². The van der Waals surface area contributed by atoms with Crippen molar-refractivity contribution in [3.8, 4) is 5.88 Å². The zero-order valence-corrected chi connectivity index (χ0v) is 17.3. The van der Waals surface area contributed by atoms with Gasteiger partial charge in [-0.15, -0.1) is 11.3 Å². The molecule has 2 atom stereocenters. The minimum absolute atomic E-state index is 0.0858. The number of likely N-dealkylation sites (tertiary alicyclic amines) is 1. The summed E-state index contributed by atoms with van der Waals surface area (Å²) in [6.07, 6.45) is 3.78. The van der Waals surface area contributed by atoms with Gasteiger partial charge in [0.15, 0.2) is 0 Å². The number of amides is 1. The maximum atomic E-state index is 13.2. The Labute approximate surface area is 173 Å². The molecule has 3 aromatic rings. The molecule has 1 fully saturated rings. The summed E-state index contributed by atoms with van der Waals surface area (Å²) in [7, 11) is 1.65. The molecule has 1 saturated heterocycles. The first-order valence-electron chi connectivity index (χ1n) is 9.73. The summed E-state index contributed by atoms with van der Waals surface area (Å²) in [5.41, 5.74) is 2.79. The number of carbonyl (C=O) groups excluding carboxylic acids is 1. The lowest BCUT2D eigenvalue weighted by atomic mass is 10.1. The fourth-order valence-corrected chi connectivity index (χ4v) is 5.14. The largest absolute Gasteiger partial charge is 0.481 e. The molecule has 0 N–H and O–H groups in total. The van der Waals surface area contributed by atoms with E-state index in [1.807, 2.05) is 36.2 Å². The molecular weight excluding hydrogens is 386 g/mol. The maximum absolute atomic E-state index is 13.2. The number of aryl methyl sites for hydroxylation is 1. The third kappa shape index (κ3) is 3.22. The Morgan fingerprint density at radius 3 is 2.86 bits per heavy atom. The highest BCUT2D eigenvalue weighted by Crippen LogP contribution is 2.35. The third-order valence-corrected chi connectivity index (χ3v) is 6.61. The van der Waals surface area contributed by atoms with Crippen LogP contribution in [-0.4, -0.2) is 56.5 Å². The summed E-state index contributed by atoms with van der Waals surface area (Å²) < 4.78 is 7.57. The van der Waals surface area contributed by atoms with Crippen molar-refractivity contribution in [1.29, 1.82) is 0 Å². The lowest BCUT2D eigenvalue weighted by Crippen LogP contribution is -2.49. The molecule has 7 nitrogen and oxygen atoms in total. The van der Waals surface area contributed by atoms with Crippen LogP contribution in [0.3, 0.4) is 0 Å². The van der Waals surface area contributed by atoms with Crippen LogP contribution in [0.2, 0.25) is 0 Å². The van der Waals surface area contributed by atoms with Crippen molar-refractivity contribution in [2.45, 2.75) is 32.1 Å². The smallest absolute Gasteiger partial charge is 0.271 e. The average Bonchev–Trinajstić information content (AvgIpc) is 3.45. The minimum Gasteiger partial charge on any atom is -0.481 e. The zero-order valence-electron chi connectivity index (χ0n) is 16.5. The second kappa shape index (κ2) is 7.27. The van der Waals surface area contributed by atoms with Gasteiger partial charge in [0.25, 0.3) is 5.91 Å². The molecule has 0 radical (unpaired) electrons. The van der Waals surface area contributed by atoms with Gasteiger partial charge in [-0.2, -0.15) is 0 Å². The Balaban J connectivity index is 1.43. The molecule has 5 heterocycles. The van der Waals surface area contributed by atoms with Gasteiger partial charge in [-0.25, -0.2) is 9.97 Å². The molecular formula is C21H23N5O2S. The molecule has 1 amide bonds. The van der Waals surface area contributed by atoms with Gasteiger partial charge in [0.1, 0.15) is 5.69 Å². The number of ether oxygens (including phenoxy) is 1. The van der Waals surface area contributed by atoms with E-state index < -0.39 is 0 Å². The molecule has 2 aliphatic heterocycles. The number of fused-ring (bicyclic) bond motifs is 3. The fourth-order valence-electron chi connectivity index (χ4n) is 4.53. The molecule has 0 unspecified atom stereocenters. The van der Waals surface area contributed by atoms with Gasteiger partial charge < -0.3 is 14.2 Å². The van der Waals surface area contributed by atoms with Crippen molar-refractivity contribution in [2.24, 2.45) is 0 Å². The molecule has 5 rings (SSSR count). The first-order chi connectivity index (χ1) is 14.1. The van der Waals surface area contributed by atoms with E-state index in [1.165, 1.54) is 0 Å². The van der Waals surface area contributed by atoms with E-state index in [0.29, 0.717) is 12.4 Å². The van der Waals surface area contributed by atoms with E-state index in [2.05, 4.69) is 30.9 Å². The standard InChI is InChI=1S/C21H23N5O2S/c1-14-23-16(13-29-14)10-26-19-12-24(9-15-5-3-7-22-20(15)28-2)11-18(19)25-8-4-6-17(25)21(26)27/h3-8,13,18-19H,9-12H2,1-2H3/t18-,19+/m1/s1. The molecule has 150 valence electrons. The topological polar surface area (TPSA) is 63.5 Å². The van der Waals surface area contributed by atoms with Crippen molar-refractivity contribution in [3.63, 3.8) is 0 Å². The normalized spacial score (nSPS) is 21.3. The molecule has 8 heteroatoms. The molecule has 2 aliphatic rings. The van der Waals surface area contributed by atoms with Crippen LogP contribution in [0.15, 0.2) is 42.0 Å². The number of rotatable bonds is 5. The van der Waals surface area contributed by atoms with Gasteiger partial charge >= 0.3 is 0 Å². The van der Waals surface area contributed by atoms with Gasteiger partial charge in [-0.1, -0.05) is 6.07 Å². The molecule has 0 saturated carbocycles. The average molecular weight is 410 g/mol. The van der Waals surface area contributed by atoms with Gasteiger partial charge in [0, 0.05) is 43.0 Å². The van der Waals surface area contributed by atoms with Crippen molar-refractivity contribution in [3.05, 3.63) is 64.0 Å². The third-order valence-electron chi connectivity index (χ3n) is 5.79. The lowest BCUT2D eigenvalue weighted by molar-refractivity contribution is 0.0553. The molecule has 29 heavy (non-hydrogen) atoms. The van der Waals surface area contributed by atoms with Crippen LogP contribution in [0.1, 0.15) is 32.8 Å². The van der Waals surface area contributed by atoms with Crippen LogP contribution < -0.4 is 4.74 Å². The summed E-state index contributed by atoms with van der Waals surface area (Å²) >= 11 is 1.63. The van der Waals surface area contributed by atoms with Crippen LogP contribution in [0.25, 0.3) is 0 Å². The van der Waals surface area contributed by atoms with Crippen molar-refractivity contribution < 1.29 is 9.53 Å². The maximum Gasteiger partial charge on any atom is 0.271 e. The fraction of sp³-hybridized carbons (Fsp3) is 0.381. The highest BCUT2D eigenvalue weighted by molar-refractivity contribution is 7.09. The lowest BCUT2D eigenvalue weighted by Gasteiger charge is -2.38. The van der Waals surface area contributed by atoms with E-state index in [-0.39, 0.29) is 18.0 Å². The van der Waals surface area contributed by atoms with Gasteiger partial charge in [0.05, 0.1) is 36.4 Å². The minimum atomic E-state index is 0.0858. The van der Waals surface area contributed by atoms with Crippen LogP contribution >= 0.6 is 11.3 Å². The summed E-state index contributed by atoms with van der Waals surface area (Å²) in [6, 6.07) is 8.23. The van der Waals surface area contributed by atoms with E-state index in [0.717, 1.165) is 41.6 Å². The second-order valence-electron chi connectivity index (χ2n) is 7.59. The zero-order chi connectivity index (χ0) is 20.0. The number of methoxy groups -OCH3 is 1. The Morgan fingerprint density at radius 2 is 2.07 bits per heavy atom. The van der Waals surface area contributed by atoms with Crippen molar-refractivity contribution in [1.82, 2.24) is 24.3 Å². The highest BCUT2D eigenvalue weighted by Gasteiger charge is 2.45. The monoisotopic (exact) mass is 409 g/mol. The first-order valence-corrected chi connectivity index (χ1v) is 10.6. The summed E-state index contributed by atoms with van der Waals surface area (Å²) in [5.74, 6) is 0.748. The Bertz CT molecular complexity index is 1050. The number of aromatic nitrogens is 3.